The fourth-order valence-corrected chi connectivity index (χ4v) is 3.90. The van der Waals surface area contributed by atoms with E-state index in [2.05, 4.69) is 5.32 Å². The van der Waals surface area contributed by atoms with Crippen molar-refractivity contribution in [1.29, 1.82) is 0 Å². The number of ether oxygens (including phenoxy) is 2. The zero-order valence-electron chi connectivity index (χ0n) is 15.9. The second-order valence-electron chi connectivity index (χ2n) is 6.65. The van der Waals surface area contributed by atoms with Crippen molar-refractivity contribution >= 4 is 21.6 Å². The number of aryl methyl sites for hydroxylation is 1. The molecule has 0 saturated heterocycles. The molecule has 0 aliphatic carbocycles. The van der Waals surface area contributed by atoms with Gasteiger partial charge in [0.05, 0.1) is 18.5 Å². The molecule has 28 heavy (non-hydrogen) atoms. The van der Waals surface area contributed by atoms with Crippen LogP contribution in [0, 0.1) is 6.92 Å². The number of nitrogens with zero attached hydrogens (tertiary/aromatic N) is 1. The number of carbonyl (C=O) groups excluding carboxylic acids is 1. The number of sulfonamides is 1. The fraction of sp³-hybridized carbons (Fsp3) is 0.350. The lowest BCUT2D eigenvalue weighted by Crippen LogP contribution is -2.41. The van der Waals surface area contributed by atoms with Gasteiger partial charge in [-0.15, -0.1) is 0 Å². The van der Waals surface area contributed by atoms with Crippen LogP contribution >= 0.6 is 0 Å². The van der Waals surface area contributed by atoms with E-state index in [-0.39, 0.29) is 18.9 Å². The molecule has 1 unspecified atom stereocenters. The summed E-state index contributed by atoms with van der Waals surface area (Å²) in [5, 5.41) is 2.79. The summed E-state index contributed by atoms with van der Waals surface area (Å²) in [5.41, 5.74) is 1.59. The summed E-state index contributed by atoms with van der Waals surface area (Å²) in [6.07, 6.45) is 0.631. The molecule has 7 nitrogen and oxygen atoms in total. The van der Waals surface area contributed by atoms with E-state index in [1.165, 1.54) is 4.31 Å². The number of hydrogen-bond acceptors (Lipinski definition) is 5. The highest BCUT2D eigenvalue weighted by Crippen LogP contribution is 2.33. The van der Waals surface area contributed by atoms with Gasteiger partial charge in [0.1, 0.15) is 18.1 Å². The summed E-state index contributed by atoms with van der Waals surface area (Å²) in [7, 11) is -3.46. The number of carbonyl (C=O) groups is 1. The maximum Gasteiger partial charge on any atom is 0.261 e. The Bertz CT molecular complexity index is 928. The summed E-state index contributed by atoms with van der Waals surface area (Å²) >= 11 is 0. The third-order valence-electron chi connectivity index (χ3n) is 4.38. The molecule has 1 atom stereocenters. The minimum atomic E-state index is -3.46. The van der Waals surface area contributed by atoms with Crippen molar-refractivity contribution in [2.24, 2.45) is 0 Å². The first-order valence-corrected chi connectivity index (χ1v) is 10.9. The molecule has 0 bridgehead atoms. The Hall–Kier alpha value is -2.74. The van der Waals surface area contributed by atoms with Gasteiger partial charge in [0.25, 0.3) is 5.91 Å². The molecule has 1 N–H and O–H groups in total. The minimum Gasteiger partial charge on any atom is -0.492 e. The second-order valence-corrected chi connectivity index (χ2v) is 8.56. The molecular formula is C20H24N2O5S. The average molecular weight is 404 g/mol. The summed E-state index contributed by atoms with van der Waals surface area (Å²) in [6.45, 7) is 2.82. The topological polar surface area (TPSA) is 84.9 Å². The molecule has 1 aliphatic rings. The SMILES string of the molecule is Cc1ccc(OCCNC(=O)C2CCN(S(C)(=O)=O)c3ccccc3O2)cc1. The molecule has 0 spiro atoms. The van der Waals surface area contributed by atoms with E-state index < -0.39 is 16.1 Å². The highest BCUT2D eigenvalue weighted by atomic mass is 32.2. The molecule has 1 aliphatic heterocycles. The third-order valence-corrected chi connectivity index (χ3v) is 5.56. The van der Waals surface area contributed by atoms with Crippen molar-refractivity contribution in [2.75, 3.05) is 30.3 Å². The normalized spacial score (nSPS) is 16.5. The summed E-state index contributed by atoms with van der Waals surface area (Å²) < 4.78 is 36.9. The van der Waals surface area contributed by atoms with E-state index in [0.29, 0.717) is 24.6 Å². The average Bonchev–Trinajstić information content (AvgIpc) is 2.86. The Morgan fingerprint density at radius 3 is 2.64 bits per heavy atom. The number of anilines is 1. The summed E-state index contributed by atoms with van der Waals surface area (Å²) in [4.78, 5) is 12.5. The molecule has 1 amide bonds. The highest BCUT2D eigenvalue weighted by Gasteiger charge is 2.30. The Balaban J connectivity index is 1.58. The monoisotopic (exact) mass is 404 g/mol. The number of nitrogens with one attached hydrogen (secondary N) is 1. The molecule has 1 heterocycles. The Morgan fingerprint density at radius 1 is 1.21 bits per heavy atom. The van der Waals surface area contributed by atoms with Crippen LogP contribution in [-0.2, 0) is 14.8 Å². The van der Waals surface area contributed by atoms with Crippen LogP contribution in [0.25, 0.3) is 0 Å². The van der Waals surface area contributed by atoms with Gasteiger partial charge in [-0.05, 0) is 31.2 Å². The van der Waals surface area contributed by atoms with E-state index >= 15 is 0 Å². The van der Waals surface area contributed by atoms with Crippen molar-refractivity contribution in [3.8, 4) is 11.5 Å². The lowest BCUT2D eigenvalue weighted by atomic mass is 10.2. The van der Waals surface area contributed by atoms with Crippen LogP contribution in [0.2, 0.25) is 0 Å². The number of fused-ring (bicyclic) bond motifs is 1. The Kier molecular flexibility index (Phi) is 6.08. The lowest BCUT2D eigenvalue weighted by Gasteiger charge is -2.20. The van der Waals surface area contributed by atoms with Crippen LogP contribution in [0.4, 0.5) is 5.69 Å². The zero-order chi connectivity index (χ0) is 20.1. The largest absolute Gasteiger partial charge is 0.492 e. The van der Waals surface area contributed by atoms with Crippen molar-refractivity contribution < 1.29 is 22.7 Å². The number of para-hydroxylation sites is 2. The predicted molar refractivity (Wildman–Crippen MR) is 107 cm³/mol. The first kappa shape index (κ1) is 20.0. The molecule has 8 heteroatoms. The standard InChI is InChI=1S/C20H24N2O5S/c1-15-7-9-16(10-8-15)26-14-12-21-20(23)19-11-13-22(28(2,24)25)17-5-3-4-6-18(17)27-19/h3-10,19H,11-14H2,1-2H3,(H,21,23). The summed E-state index contributed by atoms with van der Waals surface area (Å²) in [5.74, 6) is 0.822. The van der Waals surface area contributed by atoms with Crippen LogP contribution < -0.4 is 19.1 Å². The smallest absolute Gasteiger partial charge is 0.261 e. The van der Waals surface area contributed by atoms with Gasteiger partial charge < -0.3 is 14.8 Å². The van der Waals surface area contributed by atoms with Gasteiger partial charge >= 0.3 is 0 Å². The second kappa shape index (κ2) is 8.52. The highest BCUT2D eigenvalue weighted by molar-refractivity contribution is 7.92. The summed E-state index contributed by atoms with van der Waals surface area (Å²) in [6, 6.07) is 14.5. The van der Waals surface area contributed by atoms with Crippen molar-refractivity contribution in [1.82, 2.24) is 5.32 Å². The number of rotatable bonds is 6. The molecular weight excluding hydrogens is 380 g/mol. The molecule has 0 aromatic heterocycles. The van der Waals surface area contributed by atoms with Gasteiger partial charge in [0, 0.05) is 13.0 Å². The van der Waals surface area contributed by atoms with E-state index in [4.69, 9.17) is 9.47 Å². The van der Waals surface area contributed by atoms with Gasteiger partial charge in [-0.3, -0.25) is 9.10 Å². The zero-order valence-corrected chi connectivity index (χ0v) is 16.7. The van der Waals surface area contributed by atoms with E-state index in [9.17, 15) is 13.2 Å². The van der Waals surface area contributed by atoms with E-state index in [1.807, 2.05) is 31.2 Å². The first-order chi connectivity index (χ1) is 13.3. The van der Waals surface area contributed by atoms with Gasteiger partial charge in [0.15, 0.2) is 6.10 Å². The van der Waals surface area contributed by atoms with E-state index in [0.717, 1.165) is 17.6 Å². The van der Waals surface area contributed by atoms with Crippen molar-refractivity contribution in [2.45, 2.75) is 19.4 Å². The van der Waals surface area contributed by atoms with Crippen LogP contribution in [0.3, 0.4) is 0 Å². The molecule has 0 radical (unpaired) electrons. The predicted octanol–water partition coefficient (Wildman–Crippen LogP) is 2.11. The maximum absolute atomic E-state index is 12.5. The first-order valence-electron chi connectivity index (χ1n) is 9.05. The molecule has 2 aromatic rings. The molecule has 0 saturated carbocycles. The van der Waals surface area contributed by atoms with Gasteiger partial charge in [-0.2, -0.15) is 0 Å². The fourth-order valence-electron chi connectivity index (χ4n) is 2.95. The van der Waals surface area contributed by atoms with Crippen LogP contribution in [0.1, 0.15) is 12.0 Å². The molecule has 2 aromatic carbocycles. The number of hydrogen-bond donors (Lipinski definition) is 1. The van der Waals surface area contributed by atoms with Crippen LogP contribution in [0.15, 0.2) is 48.5 Å². The van der Waals surface area contributed by atoms with Crippen LogP contribution in [0.5, 0.6) is 11.5 Å². The Morgan fingerprint density at radius 2 is 1.93 bits per heavy atom. The molecule has 3 rings (SSSR count). The van der Waals surface area contributed by atoms with Crippen molar-refractivity contribution in [3.05, 3.63) is 54.1 Å². The van der Waals surface area contributed by atoms with E-state index in [1.54, 1.807) is 24.3 Å². The van der Waals surface area contributed by atoms with Gasteiger partial charge in [-0.1, -0.05) is 29.8 Å². The number of benzene rings is 2. The maximum atomic E-state index is 12.5. The quantitative estimate of drug-likeness (QED) is 0.746. The third kappa shape index (κ3) is 4.95. The van der Waals surface area contributed by atoms with Gasteiger partial charge in [-0.25, -0.2) is 8.42 Å². The van der Waals surface area contributed by atoms with Crippen molar-refractivity contribution in [3.63, 3.8) is 0 Å². The number of amides is 1. The molecule has 0 fully saturated rings. The minimum absolute atomic E-state index is 0.174. The molecule has 150 valence electrons. The van der Waals surface area contributed by atoms with Gasteiger partial charge in [0.2, 0.25) is 10.0 Å². The van der Waals surface area contributed by atoms with Crippen LogP contribution in [-0.4, -0.2) is 46.4 Å². The lowest BCUT2D eigenvalue weighted by molar-refractivity contribution is -0.128. The Labute approximate surface area is 165 Å².